The Morgan fingerprint density at radius 1 is 1.50 bits per heavy atom. The standard InChI is InChI=1S/C9H10BNS/c1-6-3-4-9(8(10)5-6)11-7(2)12/h3-5H,1-2H3,(H,11,12). The summed E-state index contributed by atoms with van der Waals surface area (Å²) in [5.74, 6) is 0. The van der Waals surface area contributed by atoms with E-state index in [2.05, 4.69) is 5.32 Å². The molecule has 1 aromatic rings. The quantitative estimate of drug-likeness (QED) is 0.513. The maximum absolute atomic E-state index is 5.75. The minimum atomic E-state index is 0.727. The third-order valence-corrected chi connectivity index (χ3v) is 1.62. The van der Waals surface area contributed by atoms with Crippen molar-refractivity contribution in [3.63, 3.8) is 0 Å². The van der Waals surface area contributed by atoms with Crippen LogP contribution in [0.4, 0.5) is 5.69 Å². The van der Waals surface area contributed by atoms with Crippen LogP contribution in [0.2, 0.25) is 0 Å². The van der Waals surface area contributed by atoms with Crippen LogP contribution in [0.1, 0.15) is 12.5 Å². The highest BCUT2D eigenvalue weighted by Gasteiger charge is 1.96. The van der Waals surface area contributed by atoms with Gasteiger partial charge in [0, 0.05) is 5.69 Å². The molecule has 1 aromatic carbocycles. The van der Waals surface area contributed by atoms with Crippen LogP contribution in [0.15, 0.2) is 18.2 Å². The average molecular weight is 175 g/mol. The number of thiocarbonyl (C=S) groups is 1. The fourth-order valence-electron chi connectivity index (χ4n) is 0.986. The summed E-state index contributed by atoms with van der Waals surface area (Å²) in [6.45, 7) is 3.83. The Kier molecular flexibility index (Phi) is 2.87. The molecule has 0 saturated carbocycles. The van der Waals surface area contributed by atoms with Gasteiger partial charge in [-0.1, -0.05) is 35.4 Å². The van der Waals surface area contributed by atoms with Crippen molar-refractivity contribution in [2.24, 2.45) is 0 Å². The second-order valence-corrected chi connectivity index (χ2v) is 3.38. The van der Waals surface area contributed by atoms with Crippen molar-refractivity contribution < 1.29 is 0 Å². The van der Waals surface area contributed by atoms with E-state index in [1.54, 1.807) is 0 Å². The second-order valence-electron chi connectivity index (χ2n) is 2.77. The van der Waals surface area contributed by atoms with Gasteiger partial charge < -0.3 is 5.32 Å². The zero-order chi connectivity index (χ0) is 9.14. The van der Waals surface area contributed by atoms with E-state index in [0.717, 1.165) is 21.7 Å². The molecule has 60 valence electrons. The number of hydrogen-bond donors (Lipinski definition) is 1. The predicted octanol–water partition coefficient (Wildman–Crippen LogP) is 1.55. The maximum atomic E-state index is 5.75. The minimum absolute atomic E-state index is 0.727. The van der Waals surface area contributed by atoms with E-state index in [0.29, 0.717) is 0 Å². The molecular formula is C9H10BNS. The van der Waals surface area contributed by atoms with E-state index in [1.807, 2.05) is 32.0 Å². The molecule has 0 saturated heterocycles. The molecule has 0 spiro atoms. The summed E-state index contributed by atoms with van der Waals surface area (Å²) in [6, 6.07) is 5.85. The Hall–Kier alpha value is -0.825. The van der Waals surface area contributed by atoms with Gasteiger partial charge in [0.1, 0.15) is 7.85 Å². The van der Waals surface area contributed by atoms with E-state index in [1.165, 1.54) is 0 Å². The lowest BCUT2D eigenvalue weighted by Gasteiger charge is -2.08. The van der Waals surface area contributed by atoms with E-state index in [-0.39, 0.29) is 0 Å². The van der Waals surface area contributed by atoms with Crippen LogP contribution in [0, 0.1) is 6.92 Å². The zero-order valence-corrected chi connectivity index (χ0v) is 8.03. The Labute approximate surface area is 79.6 Å². The predicted molar refractivity (Wildman–Crippen MR) is 58.5 cm³/mol. The molecule has 0 heterocycles. The van der Waals surface area contributed by atoms with Crippen molar-refractivity contribution in [2.45, 2.75) is 13.8 Å². The van der Waals surface area contributed by atoms with Gasteiger partial charge in [0.05, 0.1) is 4.99 Å². The molecule has 0 bridgehead atoms. The number of aryl methyl sites for hydroxylation is 1. The highest BCUT2D eigenvalue weighted by atomic mass is 32.1. The van der Waals surface area contributed by atoms with Gasteiger partial charge in [-0.05, 0) is 19.9 Å². The van der Waals surface area contributed by atoms with Crippen LogP contribution in [-0.2, 0) is 0 Å². The summed E-state index contributed by atoms with van der Waals surface area (Å²) >= 11 is 4.90. The Morgan fingerprint density at radius 3 is 2.67 bits per heavy atom. The molecule has 0 aromatic heterocycles. The summed E-state index contributed by atoms with van der Waals surface area (Å²) in [7, 11) is 5.75. The number of benzene rings is 1. The number of rotatable bonds is 1. The first kappa shape index (κ1) is 9.26. The summed E-state index contributed by atoms with van der Waals surface area (Å²) in [6.07, 6.45) is 0. The molecule has 0 amide bonds. The van der Waals surface area contributed by atoms with Gasteiger partial charge in [0.15, 0.2) is 0 Å². The molecule has 3 heteroatoms. The van der Waals surface area contributed by atoms with Crippen LogP contribution >= 0.6 is 12.2 Å². The molecule has 12 heavy (non-hydrogen) atoms. The van der Waals surface area contributed by atoms with E-state index in [4.69, 9.17) is 20.1 Å². The molecule has 0 aliphatic heterocycles. The third kappa shape index (κ3) is 2.34. The molecule has 1 rings (SSSR count). The lowest BCUT2D eigenvalue weighted by atomic mass is 9.92. The van der Waals surface area contributed by atoms with Gasteiger partial charge in [-0.2, -0.15) is 0 Å². The van der Waals surface area contributed by atoms with Gasteiger partial charge in [0.2, 0.25) is 0 Å². The molecule has 1 N–H and O–H groups in total. The smallest absolute Gasteiger partial charge is 0.116 e. The van der Waals surface area contributed by atoms with Gasteiger partial charge in [-0.25, -0.2) is 0 Å². The molecule has 0 aliphatic rings. The Bertz CT molecular complexity index is 309. The molecule has 2 radical (unpaired) electrons. The van der Waals surface area contributed by atoms with Gasteiger partial charge in [-0.15, -0.1) is 0 Å². The average Bonchev–Trinajstić information content (AvgIpc) is 1.94. The number of nitrogens with one attached hydrogen (secondary N) is 1. The van der Waals surface area contributed by atoms with E-state index < -0.39 is 0 Å². The number of hydrogen-bond acceptors (Lipinski definition) is 1. The van der Waals surface area contributed by atoms with Crippen molar-refractivity contribution in [3.8, 4) is 0 Å². The fraction of sp³-hybridized carbons (Fsp3) is 0.222. The summed E-state index contributed by atoms with van der Waals surface area (Å²) in [5, 5.41) is 3.01. The third-order valence-electron chi connectivity index (χ3n) is 1.52. The van der Waals surface area contributed by atoms with Gasteiger partial charge >= 0.3 is 0 Å². The largest absolute Gasteiger partial charge is 0.351 e. The number of anilines is 1. The van der Waals surface area contributed by atoms with Crippen molar-refractivity contribution in [3.05, 3.63) is 23.8 Å². The van der Waals surface area contributed by atoms with Crippen LogP contribution in [0.3, 0.4) is 0 Å². The molecule has 0 aliphatic carbocycles. The minimum Gasteiger partial charge on any atom is -0.351 e. The first-order valence-corrected chi connectivity index (χ1v) is 4.14. The Balaban J connectivity index is 2.93. The monoisotopic (exact) mass is 175 g/mol. The molecular weight excluding hydrogens is 165 g/mol. The Morgan fingerprint density at radius 2 is 2.17 bits per heavy atom. The molecule has 0 fully saturated rings. The highest BCUT2D eigenvalue weighted by molar-refractivity contribution is 7.80. The van der Waals surface area contributed by atoms with Gasteiger partial charge in [-0.3, -0.25) is 0 Å². The van der Waals surface area contributed by atoms with Gasteiger partial charge in [0.25, 0.3) is 0 Å². The van der Waals surface area contributed by atoms with Crippen molar-refractivity contribution >= 4 is 36.2 Å². The lowest BCUT2D eigenvalue weighted by molar-refractivity contribution is 1.49. The summed E-state index contributed by atoms with van der Waals surface area (Å²) in [5.41, 5.74) is 2.77. The van der Waals surface area contributed by atoms with E-state index >= 15 is 0 Å². The zero-order valence-electron chi connectivity index (χ0n) is 7.22. The molecule has 1 nitrogen and oxygen atoms in total. The summed E-state index contributed by atoms with van der Waals surface area (Å²) in [4.78, 5) is 0.727. The first-order chi connectivity index (χ1) is 5.59. The van der Waals surface area contributed by atoms with Crippen molar-refractivity contribution in [1.82, 2.24) is 0 Å². The van der Waals surface area contributed by atoms with E-state index in [9.17, 15) is 0 Å². The first-order valence-electron chi connectivity index (χ1n) is 3.73. The SMILES string of the molecule is [B]c1cc(C)ccc1NC(C)=S. The highest BCUT2D eigenvalue weighted by Crippen LogP contribution is 2.04. The lowest BCUT2D eigenvalue weighted by Crippen LogP contribution is -2.14. The fourth-order valence-corrected chi connectivity index (χ4v) is 1.10. The van der Waals surface area contributed by atoms with Crippen LogP contribution in [-0.4, -0.2) is 12.8 Å². The molecule has 0 atom stereocenters. The maximum Gasteiger partial charge on any atom is 0.116 e. The second kappa shape index (κ2) is 3.72. The summed E-state index contributed by atoms with van der Waals surface area (Å²) < 4.78 is 0. The van der Waals surface area contributed by atoms with Crippen LogP contribution in [0.25, 0.3) is 0 Å². The van der Waals surface area contributed by atoms with Crippen LogP contribution in [0.5, 0.6) is 0 Å². The molecule has 0 unspecified atom stereocenters. The van der Waals surface area contributed by atoms with Crippen molar-refractivity contribution in [1.29, 1.82) is 0 Å². The topological polar surface area (TPSA) is 12.0 Å². The van der Waals surface area contributed by atoms with Crippen molar-refractivity contribution in [2.75, 3.05) is 5.32 Å². The van der Waals surface area contributed by atoms with Crippen LogP contribution < -0.4 is 10.8 Å². The normalized spacial score (nSPS) is 9.50.